The van der Waals surface area contributed by atoms with Gasteiger partial charge in [0.05, 0.1) is 17.9 Å². The lowest BCUT2D eigenvalue weighted by atomic mass is 10.1. The number of nitrogens with zero attached hydrogens (tertiary/aromatic N) is 2. The Labute approximate surface area is 126 Å². The van der Waals surface area contributed by atoms with Crippen molar-refractivity contribution >= 4 is 16.6 Å². The van der Waals surface area contributed by atoms with Gasteiger partial charge < -0.3 is 15.0 Å². The van der Waals surface area contributed by atoms with Gasteiger partial charge in [0.15, 0.2) is 0 Å². The molecule has 0 amide bonds. The van der Waals surface area contributed by atoms with Crippen LogP contribution in [0.5, 0.6) is 0 Å². The number of hydrogen-bond acceptors (Lipinski definition) is 4. The third-order valence-corrected chi connectivity index (χ3v) is 3.85. The quantitative estimate of drug-likeness (QED) is 0.940. The molecule has 3 rings (SSSR count). The molecule has 1 aromatic heterocycles. The molecule has 1 N–H and O–H groups in total. The second kappa shape index (κ2) is 6.00. The molecule has 21 heavy (non-hydrogen) atoms. The highest BCUT2D eigenvalue weighted by Gasteiger charge is 2.24. The molecule has 2 unspecified atom stereocenters. The van der Waals surface area contributed by atoms with Crippen LogP contribution in [-0.4, -0.2) is 37.3 Å². The third kappa shape index (κ3) is 3.01. The number of nitrogens with one attached hydrogen (secondary N) is 1. The predicted molar refractivity (Wildman–Crippen MR) is 86.7 cm³/mol. The van der Waals surface area contributed by atoms with Gasteiger partial charge in [0.2, 0.25) is 0 Å². The van der Waals surface area contributed by atoms with Crippen LogP contribution >= 0.6 is 0 Å². The van der Waals surface area contributed by atoms with Crippen LogP contribution in [0, 0.1) is 0 Å². The van der Waals surface area contributed by atoms with Crippen molar-refractivity contribution < 1.29 is 4.74 Å². The number of rotatable bonds is 3. The minimum absolute atomic E-state index is 0.238. The zero-order valence-electron chi connectivity index (χ0n) is 13.0. The van der Waals surface area contributed by atoms with Gasteiger partial charge in [0.25, 0.3) is 0 Å². The van der Waals surface area contributed by atoms with Crippen molar-refractivity contribution in [1.29, 1.82) is 0 Å². The molecule has 4 heteroatoms. The topological polar surface area (TPSA) is 37.4 Å². The summed E-state index contributed by atoms with van der Waals surface area (Å²) in [5.41, 5.74) is 1.08. The minimum atomic E-state index is 0.238. The molecule has 0 saturated carbocycles. The van der Waals surface area contributed by atoms with Gasteiger partial charge in [-0.25, -0.2) is 4.98 Å². The highest BCUT2D eigenvalue weighted by molar-refractivity contribution is 5.92. The summed E-state index contributed by atoms with van der Waals surface area (Å²) in [6, 6.07) is 10.7. The molecule has 0 radical (unpaired) electrons. The maximum absolute atomic E-state index is 5.85. The van der Waals surface area contributed by atoms with Crippen LogP contribution in [0.1, 0.15) is 19.5 Å². The first-order valence-corrected chi connectivity index (χ1v) is 7.61. The molecule has 112 valence electrons. The first-order chi connectivity index (χ1) is 10.2. The SMILES string of the molecule is CNCc1cc2ccccc2c(N2CC(C)OC(C)C2)n1. The lowest BCUT2D eigenvalue weighted by Gasteiger charge is -2.36. The zero-order valence-corrected chi connectivity index (χ0v) is 13.0. The second-order valence-electron chi connectivity index (χ2n) is 5.85. The van der Waals surface area contributed by atoms with E-state index >= 15 is 0 Å². The first-order valence-electron chi connectivity index (χ1n) is 7.61. The maximum atomic E-state index is 5.85. The summed E-state index contributed by atoms with van der Waals surface area (Å²) < 4.78 is 5.85. The van der Waals surface area contributed by atoms with Crippen LogP contribution in [0.3, 0.4) is 0 Å². The molecule has 1 saturated heterocycles. The Morgan fingerprint density at radius 2 is 1.95 bits per heavy atom. The van der Waals surface area contributed by atoms with Crippen molar-refractivity contribution in [2.45, 2.75) is 32.6 Å². The summed E-state index contributed by atoms with van der Waals surface area (Å²) in [6.07, 6.45) is 0.476. The Bertz CT molecular complexity index is 618. The van der Waals surface area contributed by atoms with Gasteiger partial charge in [-0.2, -0.15) is 0 Å². The third-order valence-electron chi connectivity index (χ3n) is 3.85. The van der Waals surface area contributed by atoms with Crippen LogP contribution in [0.4, 0.5) is 5.82 Å². The highest BCUT2D eigenvalue weighted by atomic mass is 16.5. The van der Waals surface area contributed by atoms with E-state index in [0.29, 0.717) is 0 Å². The normalized spacial score (nSPS) is 22.7. The van der Waals surface area contributed by atoms with Gasteiger partial charge >= 0.3 is 0 Å². The number of fused-ring (bicyclic) bond motifs is 1. The van der Waals surface area contributed by atoms with Crippen LogP contribution in [0.15, 0.2) is 30.3 Å². The number of aromatic nitrogens is 1. The average molecular weight is 285 g/mol. The van der Waals surface area contributed by atoms with E-state index in [-0.39, 0.29) is 12.2 Å². The van der Waals surface area contributed by atoms with Gasteiger partial charge in [-0.15, -0.1) is 0 Å². The fraction of sp³-hybridized carbons (Fsp3) is 0.471. The number of morpholine rings is 1. The smallest absolute Gasteiger partial charge is 0.136 e. The predicted octanol–water partition coefficient (Wildman–Crippen LogP) is 2.57. The van der Waals surface area contributed by atoms with Gasteiger partial charge in [0.1, 0.15) is 5.82 Å². The molecule has 4 nitrogen and oxygen atoms in total. The summed E-state index contributed by atoms with van der Waals surface area (Å²) in [7, 11) is 1.95. The van der Waals surface area contributed by atoms with Crippen LogP contribution in [0.25, 0.3) is 10.8 Å². The number of benzene rings is 1. The second-order valence-corrected chi connectivity index (χ2v) is 5.85. The van der Waals surface area contributed by atoms with E-state index in [2.05, 4.69) is 54.4 Å². The Morgan fingerprint density at radius 1 is 1.24 bits per heavy atom. The minimum Gasteiger partial charge on any atom is -0.372 e. The standard InChI is InChI=1S/C17H23N3O/c1-12-10-20(11-13(2)21-12)17-16-7-5-4-6-14(16)8-15(19-17)9-18-3/h4-8,12-13,18H,9-11H2,1-3H3. The molecule has 1 aliphatic heterocycles. The molecule has 0 spiro atoms. The molecular weight excluding hydrogens is 262 g/mol. The number of pyridine rings is 1. The van der Waals surface area contributed by atoms with Crippen molar-refractivity contribution in [2.75, 3.05) is 25.0 Å². The number of anilines is 1. The van der Waals surface area contributed by atoms with Crippen LogP contribution < -0.4 is 10.2 Å². The molecule has 1 aliphatic rings. The molecule has 2 atom stereocenters. The zero-order chi connectivity index (χ0) is 14.8. The Hall–Kier alpha value is -1.65. The summed E-state index contributed by atoms with van der Waals surface area (Å²) in [5.74, 6) is 1.08. The van der Waals surface area contributed by atoms with E-state index in [4.69, 9.17) is 9.72 Å². The Balaban J connectivity index is 2.06. The van der Waals surface area contributed by atoms with E-state index in [1.807, 2.05) is 7.05 Å². The van der Waals surface area contributed by atoms with Crippen molar-refractivity contribution in [3.63, 3.8) is 0 Å². The summed E-state index contributed by atoms with van der Waals surface area (Å²) in [5, 5.41) is 5.66. The lowest BCUT2D eigenvalue weighted by molar-refractivity contribution is -0.00537. The monoisotopic (exact) mass is 285 g/mol. The van der Waals surface area contributed by atoms with Crippen molar-refractivity contribution in [3.05, 3.63) is 36.0 Å². The van der Waals surface area contributed by atoms with Gasteiger partial charge in [-0.3, -0.25) is 0 Å². The fourth-order valence-electron chi connectivity index (χ4n) is 3.10. The molecular formula is C17H23N3O. The van der Waals surface area contributed by atoms with Gasteiger partial charge in [-0.05, 0) is 32.3 Å². The van der Waals surface area contributed by atoms with Gasteiger partial charge in [0, 0.05) is 25.0 Å². The van der Waals surface area contributed by atoms with Crippen LogP contribution in [0.2, 0.25) is 0 Å². The molecule has 1 fully saturated rings. The Morgan fingerprint density at radius 3 is 2.67 bits per heavy atom. The fourth-order valence-corrected chi connectivity index (χ4v) is 3.10. The van der Waals surface area contributed by atoms with E-state index < -0.39 is 0 Å². The van der Waals surface area contributed by atoms with Crippen LogP contribution in [-0.2, 0) is 11.3 Å². The van der Waals surface area contributed by atoms with Gasteiger partial charge in [-0.1, -0.05) is 24.3 Å². The molecule has 0 aliphatic carbocycles. The van der Waals surface area contributed by atoms with Crippen molar-refractivity contribution in [1.82, 2.24) is 10.3 Å². The van der Waals surface area contributed by atoms with Crippen molar-refractivity contribution in [3.8, 4) is 0 Å². The highest BCUT2D eigenvalue weighted by Crippen LogP contribution is 2.28. The summed E-state index contributed by atoms with van der Waals surface area (Å²) in [4.78, 5) is 7.25. The van der Waals surface area contributed by atoms with E-state index in [1.165, 1.54) is 10.8 Å². The largest absolute Gasteiger partial charge is 0.372 e. The van der Waals surface area contributed by atoms with Crippen molar-refractivity contribution in [2.24, 2.45) is 0 Å². The molecule has 2 heterocycles. The molecule has 1 aromatic carbocycles. The first kappa shape index (κ1) is 14.3. The lowest BCUT2D eigenvalue weighted by Crippen LogP contribution is -2.46. The maximum Gasteiger partial charge on any atom is 0.136 e. The number of ether oxygens (including phenoxy) is 1. The van der Waals surface area contributed by atoms with E-state index in [9.17, 15) is 0 Å². The summed E-state index contributed by atoms with van der Waals surface area (Å²) in [6.45, 7) is 6.83. The molecule has 0 bridgehead atoms. The number of hydrogen-bond donors (Lipinski definition) is 1. The Kier molecular flexibility index (Phi) is 4.08. The molecule has 2 aromatic rings. The summed E-state index contributed by atoms with van der Waals surface area (Å²) >= 11 is 0. The van der Waals surface area contributed by atoms with E-state index in [0.717, 1.165) is 31.1 Å². The van der Waals surface area contributed by atoms with E-state index in [1.54, 1.807) is 0 Å². The average Bonchev–Trinajstić information content (AvgIpc) is 2.46.